The lowest BCUT2D eigenvalue weighted by Crippen LogP contribution is -2.60. The van der Waals surface area contributed by atoms with Crippen molar-refractivity contribution >= 4 is 5.91 Å². The Hall–Kier alpha value is -1.41. The second kappa shape index (κ2) is 47.6. The van der Waals surface area contributed by atoms with E-state index in [1.54, 1.807) is 0 Å². The van der Waals surface area contributed by atoms with E-state index in [2.05, 4.69) is 43.5 Å². The molecule has 0 saturated carbocycles. The summed E-state index contributed by atoms with van der Waals surface area (Å²) in [5, 5.41) is 76.1. The summed E-state index contributed by atoms with van der Waals surface area (Å²) in [6, 6.07) is -1.19. The highest BCUT2D eigenvalue weighted by molar-refractivity contribution is 5.80. The van der Waals surface area contributed by atoms with E-state index in [9.17, 15) is 40.5 Å². The summed E-state index contributed by atoms with van der Waals surface area (Å²) >= 11 is 0. The molecular formula is C58H111NO10. The summed E-state index contributed by atoms with van der Waals surface area (Å²) in [5.74, 6) is -0.706. The van der Waals surface area contributed by atoms with Crippen molar-refractivity contribution in [3.05, 3.63) is 24.3 Å². The van der Waals surface area contributed by atoms with Gasteiger partial charge in [0.15, 0.2) is 6.29 Å². The lowest BCUT2D eigenvalue weighted by Gasteiger charge is -2.40. The van der Waals surface area contributed by atoms with Crippen molar-refractivity contribution in [3.63, 3.8) is 0 Å². The Kier molecular flexibility index (Phi) is 45.2. The SMILES string of the molecule is CCCCCCCCCCCCC/C=C/CC/C=C/CCCC(O)C(O)C(COC1OC(CO)C(O)C(O)C1O)NC(=O)C(O)CCCCCCCCCCCCCCCCCCCCCCCC. The van der Waals surface area contributed by atoms with Crippen LogP contribution in [0.15, 0.2) is 24.3 Å². The van der Waals surface area contributed by atoms with Gasteiger partial charge in [0.25, 0.3) is 0 Å². The van der Waals surface area contributed by atoms with Crippen LogP contribution >= 0.6 is 0 Å². The molecule has 11 heteroatoms. The van der Waals surface area contributed by atoms with E-state index in [0.717, 1.165) is 38.5 Å². The number of carbonyl (C=O) groups excluding carboxylic acids is 1. The fraction of sp³-hybridized carbons (Fsp3) is 0.914. The molecule has 408 valence electrons. The average molecular weight is 983 g/mol. The standard InChI is InChI=1S/C58H111NO10/c1-3-5-7-9-11-13-15-17-19-21-23-25-26-28-30-32-34-36-38-40-42-44-46-51(62)57(67)59-49(48-68-58-56(66)55(65)54(64)52(47-60)69-58)53(63)50(61)45-43-41-39-37-35-33-31-29-27-24-22-20-18-16-14-12-10-8-6-4-2/h29,31,37,39,49-56,58,60-66H,3-28,30,32-36,38,40-48H2,1-2H3,(H,59,67)/b31-29+,39-37+. The number of unbranched alkanes of at least 4 members (excludes halogenated alkanes) is 34. The third kappa shape index (κ3) is 36.2. The summed E-state index contributed by atoms with van der Waals surface area (Å²) in [7, 11) is 0. The highest BCUT2D eigenvalue weighted by Crippen LogP contribution is 2.23. The molecule has 11 nitrogen and oxygen atoms in total. The molecule has 9 unspecified atom stereocenters. The molecule has 1 heterocycles. The van der Waals surface area contributed by atoms with Gasteiger partial charge in [-0.3, -0.25) is 4.79 Å². The van der Waals surface area contributed by atoms with Crippen molar-refractivity contribution in [2.45, 2.75) is 326 Å². The second-order valence-corrected chi connectivity index (χ2v) is 20.7. The predicted octanol–water partition coefficient (Wildman–Crippen LogP) is 12.1. The summed E-state index contributed by atoms with van der Waals surface area (Å²) in [5.41, 5.74) is 0. The summed E-state index contributed by atoms with van der Waals surface area (Å²) in [6.45, 7) is 3.47. The van der Waals surface area contributed by atoms with Crippen molar-refractivity contribution in [2.24, 2.45) is 0 Å². The number of hydrogen-bond acceptors (Lipinski definition) is 10. The van der Waals surface area contributed by atoms with Crippen molar-refractivity contribution in [1.29, 1.82) is 0 Å². The number of hydrogen-bond donors (Lipinski definition) is 8. The minimum atomic E-state index is -1.67. The lowest BCUT2D eigenvalue weighted by molar-refractivity contribution is -0.303. The zero-order chi connectivity index (χ0) is 50.4. The minimum Gasteiger partial charge on any atom is -0.394 e. The molecule has 8 N–H and O–H groups in total. The molecule has 0 aliphatic carbocycles. The first-order valence-corrected chi connectivity index (χ1v) is 29.2. The van der Waals surface area contributed by atoms with Crippen LogP contribution < -0.4 is 5.32 Å². The average Bonchev–Trinajstić information content (AvgIpc) is 3.35. The number of allylic oxidation sites excluding steroid dienone is 4. The molecule has 1 rings (SSSR count). The summed E-state index contributed by atoms with van der Waals surface area (Å²) in [6.07, 6.45) is 45.2. The molecule has 0 aromatic carbocycles. The molecular weight excluding hydrogens is 871 g/mol. The van der Waals surface area contributed by atoms with E-state index in [1.807, 2.05) is 0 Å². The van der Waals surface area contributed by atoms with Crippen LogP contribution in [-0.2, 0) is 14.3 Å². The van der Waals surface area contributed by atoms with Gasteiger partial charge in [-0.05, 0) is 51.4 Å². The number of carbonyl (C=O) groups is 1. The smallest absolute Gasteiger partial charge is 0.249 e. The highest BCUT2D eigenvalue weighted by Gasteiger charge is 2.44. The van der Waals surface area contributed by atoms with Crippen LogP contribution in [0.2, 0.25) is 0 Å². The molecule has 1 saturated heterocycles. The molecule has 1 amide bonds. The van der Waals surface area contributed by atoms with Crippen LogP contribution in [0.3, 0.4) is 0 Å². The van der Waals surface area contributed by atoms with Gasteiger partial charge in [-0.1, -0.05) is 244 Å². The van der Waals surface area contributed by atoms with Crippen LogP contribution in [-0.4, -0.2) is 110 Å². The number of ether oxygens (including phenoxy) is 2. The van der Waals surface area contributed by atoms with Crippen molar-refractivity contribution in [2.75, 3.05) is 13.2 Å². The van der Waals surface area contributed by atoms with Crippen LogP contribution in [0.25, 0.3) is 0 Å². The van der Waals surface area contributed by atoms with Crippen molar-refractivity contribution in [1.82, 2.24) is 5.32 Å². The van der Waals surface area contributed by atoms with Crippen LogP contribution in [0.5, 0.6) is 0 Å². The first kappa shape index (κ1) is 65.6. The molecule has 9 atom stereocenters. The number of aliphatic hydroxyl groups is 7. The van der Waals surface area contributed by atoms with Gasteiger partial charge in [0.1, 0.15) is 36.6 Å². The van der Waals surface area contributed by atoms with E-state index in [1.165, 1.54) is 186 Å². The molecule has 0 aromatic rings. The molecule has 1 aliphatic heterocycles. The van der Waals surface area contributed by atoms with Gasteiger partial charge in [-0.15, -0.1) is 0 Å². The number of rotatable bonds is 50. The Balaban J connectivity index is 2.33. The van der Waals surface area contributed by atoms with E-state index in [0.29, 0.717) is 19.3 Å². The monoisotopic (exact) mass is 982 g/mol. The third-order valence-corrected chi connectivity index (χ3v) is 14.2. The first-order valence-electron chi connectivity index (χ1n) is 29.2. The third-order valence-electron chi connectivity index (χ3n) is 14.2. The minimum absolute atomic E-state index is 0.249. The number of nitrogens with one attached hydrogen (secondary N) is 1. The van der Waals surface area contributed by atoms with Gasteiger partial charge in [-0.25, -0.2) is 0 Å². The molecule has 1 aliphatic rings. The van der Waals surface area contributed by atoms with E-state index in [-0.39, 0.29) is 12.8 Å². The molecule has 0 spiro atoms. The number of amides is 1. The molecule has 0 aromatic heterocycles. The van der Waals surface area contributed by atoms with Crippen LogP contribution in [0.1, 0.15) is 271 Å². The maximum atomic E-state index is 13.2. The molecule has 1 fully saturated rings. The van der Waals surface area contributed by atoms with Gasteiger partial charge < -0.3 is 50.5 Å². The first-order chi connectivity index (χ1) is 33.7. The highest BCUT2D eigenvalue weighted by atomic mass is 16.7. The van der Waals surface area contributed by atoms with Gasteiger partial charge >= 0.3 is 0 Å². The molecule has 0 bridgehead atoms. The maximum absolute atomic E-state index is 13.2. The Labute approximate surface area is 423 Å². The zero-order valence-electron chi connectivity index (χ0n) is 44.6. The van der Waals surface area contributed by atoms with Crippen LogP contribution in [0, 0.1) is 0 Å². The van der Waals surface area contributed by atoms with Gasteiger partial charge in [0, 0.05) is 0 Å². The molecule has 69 heavy (non-hydrogen) atoms. The van der Waals surface area contributed by atoms with Gasteiger partial charge in [0.05, 0.1) is 25.4 Å². The van der Waals surface area contributed by atoms with E-state index < -0.39 is 74.2 Å². The van der Waals surface area contributed by atoms with Crippen LogP contribution in [0.4, 0.5) is 0 Å². The Morgan fingerprint density at radius 2 is 0.870 bits per heavy atom. The number of aliphatic hydroxyl groups excluding tert-OH is 7. The lowest BCUT2D eigenvalue weighted by atomic mass is 9.98. The van der Waals surface area contributed by atoms with E-state index >= 15 is 0 Å². The second-order valence-electron chi connectivity index (χ2n) is 20.7. The fourth-order valence-corrected chi connectivity index (χ4v) is 9.46. The largest absolute Gasteiger partial charge is 0.394 e. The quantitative estimate of drug-likeness (QED) is 0.0215. The maximum Gasteiger partial charge on any atom is 0.249 e. The summed E-state index contributed by atoms with van der Waals surface area (Å²) in [4.78, 5) is 13.2. The normalized spacial score (nSPS) is 20.5. The van der Waals surface area contributed by atoms with Gasteiger partial charge in [-0.2, -0.15) is 0 Å². The fourth-order valence-electron chi connectivity index (χ4n) is 9.46. The summed E-state index contributed by atoms with van der Waals surface area (Å²) < 4.78 is 11.1. The Morgan fingerprint density at radius 1 is 0.493 bits per heavy atom. The van der Waals surface area contributed by atoms with Crippen molar-refractivity contribution in [3.8, 4) is 0 Å². The molecule has 0 radical (unpaired) electrons. The van der Waals surface area contributed by atoms with Crippen molar-refractivity contribution < 1.29 is 50.0 Å². The Morgan fingerprint density at radius 3 is 1.29 bits per heavy atom. The van der Waals surface area contributed by atoms with E-state index in [4.69, 9.17) is 9.47 Å². The predicted molar refractivity (Wildman–Crippen MR) is 284 cm³/mol. The topological polar surface area (TPSA) is 189 Å². The Bertz CT molecular complexity index is 1170. The zero-order valence-corrected chi connectivity index (χ0v) is 44.6. The van der Waals surface area contributed by atoms with Gasteiger partial charge in [0.2, 0.25) is 5.91 Å².